The van der Waals surface area contributed by atoms with E-state index in [1.807, 2.05) is 6.07 Å². The van der Waals surface area contributed by atoms with Crippen LogP contribution in [0.3, 0.4) is 0 Å². The van der Waals surface area contributed by atoms with Gasteiger partial charge in [-0.05, 0) is 42.3 Å². The highest BCUT2D eigenvalue weighted by molar-refractivity contribution is 6.30. The summed E-state index contributed by atoms with van der Waals surface area (Å²) in [5.41, 5.74) is 1.27. The first-order valence-corrected chi connectivity index (χ1v) is 8.29. The largest absolute Gasteiger partial charge is 0.494 e. The van der Waals surface area contributed by atoms with Crippen LogP contribution in [0.1, 0.15) is 24.1 Å². The van der Waals surface area contributed by atoms with Gasteiger partial charge in [-0.15, -0.1) is 0 Å². The summed E-state index contributed by atoms with van der Waals surface area (Å²) in [6, 6.07) is 11.0. The Morgan fingerprint density at radius 2 is 2.00 bits per heavy atom. The lowest BCUT2D eigenvalue weighted by atomic mass is 10.1. The molecule has 2 rings (SSSR count). The summed E-state index contributed by atoms with van der Waals surface area (Å²) in [5.74, 6) is -1.53. The Labute approximate surface area is 156 Å². The van der Waals surface area contributed by atoms with E-state index in [0.717, 1.165) is 5.56 Å². The van der Waals surface area contributed by atoms with Crippen LogP contribution < -0.4 is 10.1 Å². The quantitative estimate of drug-likeness (QED) is 0.748. The molecule has 0 aliphatic heterocycles. The highest BCUT2D eigenvalue weighted by Gasteiger charge is 2.13. The second-order valence-electron chi connectivity index (χ2n) is 5.65. The van der Waals surface area contributed by atoms with Crippen molar-refractivity contribution in [1.29, 1.82) is 0 Å². The molecule has 5 nitrogen and oxygen atoms in total. The third-order valence-electron chi connectivity index (χ3n) is 3.66. The fourth-order valence-corrected chi connectivity index (χ4v) is 2.52. The Balaban J connectivity index is 1.81. The summed E-state index contributed by atoms with van der Waals surface area (Å²) >= 11 is 5.92. The topological polar surface area (TPSA) is 64.6 Å². The average Bonchev–Trinajstić information content (AvgIpc) is 2.60. The van der Waals surface area contributed by atoms with Crippen LogP contribution in [0.2, 0.25) is 5.02 Å². The zero-order valence-electron chi connectivity index (χ0n) is 14.4. The lowest BCUT2D eigenvalue weighted by molar-refractivity contribution is -0.148. The Bertz CT molecular complexity index is 797. The number of benzene rings is 2. The third kappa shape index (κ3) is 5.74. The van der Waals surface area contributed by atoms with E-state index >= 15 is 0 Å². The number of nitrogens with one attached hydrogen (secondary N) is 1. The van der Waals surface area contributed by atoms with E-state index in [2.05, 4.69) is 5.32 Å². The third-order valence-corrected chi connectivity index (χ3v) is 3.89. The van der Waals surface area contributed by atoms with Gasteiger partial charge in [-0.2, -0.15) is 0 Å². The van der Waals surface area contributed by atoms with Gasteiger partial charge < -0.3 is 14.8 Å². The van der Waals surface area contributed by atoms with Gasteiger partial charge in [-0.25, -0.2) is 4.39 Å². The number of ether oxygens (including phenoxy) is 2. The molecule has 0 heterocycles. The Hall–Kier alpha value is -2.60. The molecule has 0 unspecified atom stereocenters. The molecule has 138 valence electrons. The molecule has 0 radical (unpaired) electrons. The van der Waals surface area contributed by atoms with E-state index in [1.165, 1.54) is 19.2 Å². The van der Waals surface area contributed by atoms with Crippen molar-refractivity contribution in [1.82, 2.24) is 5.32 Å². The van der Waals surface area contributed by atoms with Gasteiger partial charge >= 0.3 is 5.97 Å². The lowest BCUT2D eigenvalue weighted by Crippen LogP contribution is -2.31. The van der Waals surface area contributed by atoms with Crippen molar-refractivity contribution in [3.63, 3.8) is 0 Å². The van der Waals surface area contributed by atoms with Crippen molar-refractivity contribution < 1.29 is 23.5 Å². The molecule has 2 aromatic rings. The van der Waals surface area contributed by atoms with Crippen LogP contribution in [0.25, 0.3) is 0 Å². The van der Waals surface area contributed by atoms with Gasteiger partial charge in [-0.3, -0.25) is 9.59 Å². The van der Waals surface area contributed by atoms with Crippen LogP contribution in [0.5, 0.6) is 5.75 Å². The highest BCUT2D eigenvalue weighted by Crippen LogP contribution is 2.18. The smallest absolute Gasteiger partial charge is 0.310 e. The number of carbonyl (C=O) groups is 2. The van der Waals surface area contributed by atoms with Gasteiger partial charge in [0.1, 0.15) is 0 Å². The maximum absolute atomic E-state index is 13.6. The number of carbonyl (C=O) groups excluding carboxylic acids is 2. The van der Waals surface area contributed by atoms with Gasteiger partial charge in [0.05, 0.1) is 19.6 Å². The van der Waals surface area contributed by atoms with E-state index < -0.39 is 24.3 Å². The Morgan fingerprint density at radius 1 is 1.23 bits per heavy atom. The molecule has 0 saturated heterocycles. The first-order valence-electron chi connectivity index (χ1n) is 7.92. The molecule has 0 spiro atoms. The van der Waals surface area contributed by atoms with Gasteiger partial charge in [-0.1, -0.05) is 29.8 Å². The zero-order chi connectivity index (χ0) is 19.1. The van der Waals surface area contributed by atoms with Gasteiger partial charge in [0, 0.05) is 5.02 Å². The average molecular weight is 380 g/mol. The first kappa shape index (κ1) is 19.7. The Morgan fingerprint density at radius 3 is 2.65 bits per heavy atom. The van der Waals surface area contributed by atoms with E-state index in [1.54, 1.807) is 31.2 Å². The summed E-state index contributed by atoms with van der Waals surface area (Å²) in [6.07, 6.45) is -0.141. The fourth-order valence-electron chi connectivity index (χ4n) is 2.33. The number of hydrogen-bond acceptors (Lipinski definition) is 4. The minimum Gasteiger partial charge on any atom is -0.494 e. The van der Waals surface area contributed by atoms with Crippen molar-refractivity contribution in [3.05, 3.63) is 64.4 Å². The molecular weight excluding hydrogens is 361 g/mol. The van der Waals surface area contributed by atoms with Gasteiger partial charge in [0.2, 0.25) is 0 Å². The van der Waals surface area contributed by atoms with Crippen molar-refractivity contribution in [2.75, 3.05) is 13.7 Å². The summed E-state index contributed by atoms with van der Waals surface area (Å²) in [6.45, 7) is 1.38. The fraction of sp³-hybridized carbons (Fsp3) is 0.263. The molecule has 2 aromatic carbocycles. The SMILES string of the molecule is COc1ccc(CC(=O)OCC(=O)N[C@@H](C)c2cccc(Cl)c2)cc1F. The molecule has 0 aliphatic rings. The predicted molar refractivity (Wildman–Crippen MR) is 95.6 cm³/mol. The van der Waals surface area contributed by atoms with Crippen LogP contribution in [0.4, 0.5) is 4.39 Å². The molecule has 1 N–H and O–H groups in total. The summed E-state index contributed by atoms with van der Waals surface area (Å²) < 4.78 is 23.3. The number of methoxy groups -OCH3 is 1. The maximum Gasteiger partial charge on any atom is 0.310 e. The number of hydrogen-bond donors (Lipinski definition) is 1. The normalized spacial score (nSPS) is 11.5. The number of halogens is 2. The number of rotatable bonds is 7. The molecule has 7 heteroatoms. The summed E-state index contributed by atoms with van der Waals surface area (Å²) in [5, 5.41) is 3.29. The van der Waals surface area contributed by atoms with Gasteiger partial charge in [0.15, 0.2) is 18.2 Å². The molecule has 0 fully saturated rings. The van der Waals surface area contributed by atoms with E-state index in [-0.39, 0.29) is 18.2 Å². The van der Waals surface area contributed by atoms with Crippen LogP contribution in [0, 0.1) is 5.82 Å². The van der Waals surface area contributed by atoms with Crippen LogP contribution in [0.15, 0.2) is 42.5 Å². The van der Waals surface area contributed by atoms with Crippen molar-refractivity contribution in [2.45, 2.75) is 19.4 Å². The standard InChI is InChI=1S/C19H19ClFNO4/c1-12(14-4-3-5-15(20)10-14)22-18(23)11-26-19(24)9-13-6-7-17(25-2)16(21)8-13/h3-8,10,12H,9,11H2,1-2H3,(H,22,23)/t12-/m0/s1. The summed E-state index contributed by atoms with van der Waals surface area (Å²) in [4.78, 5) is 23.7. The lowest BCUT2D eigenvalue weighted by Gasteiger charge is -2.14. The summed E-state index contributed by atoms with van der Waals surface area (Å²) in [7, 11) is 1.36. The molecule has 1 atom stereocenters. The van der Waals surface area contributed by atoms with Crippen LogP contribution in [-0.2, 0) is 20.7 Å². The molecular formula is C19H19ClFNO4. The van der Waals surface area contributed by atoms with Crippen LogP contribution in [-0.4, -0.2) is 25.6 Å². The second-order valence-corrected chi connectivity index (χ2v) is 6.09. The molecule has 0 aliphatic carbocycles. The van der Waals surface area contributed by atoms with E-state index in [4.69, 9.17) is 21.1 Å². The highest BCUT2D eigenvalue weighted by atomic mass is 35.5. The molecule has 26 heavy (non-hydrogen) atoms. The zero-order valence-corrected chi connectivity index (χ0v) is 15.2. The Kier molecular flexibility index (Phi) is 6.97. The predicted octanol–water partition coefficient (Wildman–Crippen LogP) is 3.45. The van der Waals surface area contributed by atoms with Crippen molar-refractivity contribution >= 4 is 23.5 Å². The maximum atomic E-state index is 13.6. The minimum absolute atomic E-state index is 0.0940. The minimum atomic E-state index is -0.625. The number of esters is 1. The van der Waals surface area contributed by atoms with Crippen LogP contribution >= 0.6 is 11.6 Å². The van der Waals surface area contributed by atoms with Crippen molar-refractivity contribution in [3.8, 4) is 5.75 Å². The van der Waals surface area contributed by atoms with E-state index in [9.17, 15) is 14.0 Å². The monoisotopic (exact) mass is 379 g/mol. The van der Waals surface area contributed by atoms with Crippen molar-refractivity contribution in [2.24, 2.45) is 0 Å². The van der Waals surface area contributed by atoms with E-state index in [0.29, 0.717) is 10.6 Å². The molecule has 0 saturated carbocycles. The molecule has 0 bridgehead atoms. The second kappa shape index (κ2) is 9.20. The number of amides is 1. The molecule has 0 aromatic heterocycles. The first-order chi connectivity index (χ1) is 12.4. The molecule has 1 amide bonds. The van der Waals surface area contributed by atoms with Gasteiger partial charge in [0.25, 0.3) is 5.91 Å².